The maximum absolute atomic E-state index is 14.1. The van der Waals surface area contributed by atoms with Crippen molar-refractivity contribution in [3.05, 3.63) is 35.7 Å². The Hall–Kier alpha value is -2.16. The highest BCUT2D eigenvalue weighted by molar-refractivity contribution is 5.63. The molecule has 0 aromatic carbocycles. The first-order valence-electron chi connectivity index (χ1n) is 6.62. The van der Waals surface area contributed by atoms with E-state index in [-0.39, 0.29) is 23.7 Å². The summed E-state index contributed by atoms with van der Waals surface area (Å²) >= 11 is 0. The van der Waals surface area contributed by atoms with Crippen LogP contribution in [0.3, 0.4) is 0 Å². The third kappa shape index (κ3) is 2.76. The maximum atomic E-state index is 14.1. The molecular weight excluding hydrogens is 293 g/mol. The van der Waals surface area contributed by atoms with E-state index in [9.17, 15) is 9.50 Å². The summed E-state index contributed by atoms with van der Waals surface area (Å²) < 4.78 is 30.0. The Bertz CT molecular complexity index is 677. The molecule has 0 amide bonds. The molecule has 116 valence electrons. The Balaban J connectivity index is 2.13. The van der Waals surface area contributed by atoms with Crippen LogP contribution in [0.25, 0.3) is 11.3 Å². The lowest BCUT2D eigenvalue weighted by atomic mass is 10.1. The summed E-state index contributed by atoms with van der Waals surface area (Å²) in [5, 5.41) is 9.21. The van der Waals surface area contributed by atoms with Gasteiger partial charge in [0, 0.05) is 11.6 Å². The summed E-state index contributed by atoms with van der Waals surface area (Å²) in [6.07, 6.45) is 1.68. The number of rotatable bonds is 4. The molecule has 0 bridgehead atoms. The van der Waals surface area contributed by atoms with Gasteiger partial charge in [0.25, 0.3) is 0 Å². The smallest absolute Gasteiger partial charge is 0.213 e. The van der Waals surface area contributed by atoms with E-state index in [1.165, 1.54) is 19.4 Å². The van der Waals surface area contributed by atoms with Gasteiger partial charge in [-0.3, -0.25) is 4.98 Å². The summed E-state index contributed by atoms with van der Waals surface area (Å²) in [5.41, 5.74) is 1.11. The highest BCUT2D eigenvalue weighted by Crippen LogP contribution is 2.32. The quantitative estimate of drug-likeness (QED) is 0.909. The fraction of sp³-hybridized carbons (Fsp3) is 0.357. The normalized spacial score (nSPS) is 15.2. The number of aromatic nitrogens is 3. The van der Waals surface area contributed by atoms with Gasteiger partial charge in [0.05, 0.1) is 45.0 Å². The second-order valence-corrected chi connectivity index (χ2v) is 4.53. The van der Waals surface area contributed by atoms with Gasteiger partial charge in [-0.25, -0.2) is 14.4 Å². The molecule has 1 aliphatic rings. The molecule has 0 saturated carbocycles. The molecule has 1 N–H and O–H groups in total. The Morgan fingerprint density at radius 3 is 2.77 bits per heavy atom. The number of aliphatic hydroxyl groups is 1. The zero-order valence-electron chi connectivity index (χ0n) is 11.8. The van der Waals surface area contributed by atoms with Crippen molar-refractivity contribution in [1.29, 1.82) is 0 Å². The maximum Gasteiger partial charge on any atom is 0.213 e. The summed E-state index contributed by atoms with van der Waals surface area (Å²) in [4.78, 5) is 12.2. The first kappa shape index (κ1) is 14.8. The minimum absolute atomic E-state index is 0.179. The van der Waals surface area contributed by atoms with E-state index in [1.807, 2.05) is 0 Å². The molecule has 7 nitrogen and oxygen atoms in total. The van der Waals surface area contributed by atoms with Gasteiger partial charge in [0.2, 0.25) is 12.2 Å². The second-order valence-electron chi connectivity index (χ2n) is 4.53. The molecule has 1 aliphatic heterocycles. The van der Waals surface area contributed by atoms with Crippen molar-refractivity contribution < 1.29 is 23.7 Å². The van der Waals surface area contributed by atoms with E-state index in [4.69, 9.17) is 14.2 Å². The lowest BCUT2D eigenvalue weighted by Gasteiger charge is -2.14. The molecule has 8 heteroatoms. The van der Waals surface area contributed by atoms with Gasteiger partial charge in [0.1, 0.15) is 11.4 Å². The van der Waals surface area contributed by atoms with Crippen LogP contribution in [0.15, 0.2) is 18.5 Å². The van der Waals surface area contributed by atoms with E-state index in [1.54, 1.807) is 0 Å². The average Bonchev–Trinajstić information content (AvgIpc) is 3.09. The van der Waals surface area contributed by atoms with Crippen LogP contribution in [0.5, 0.6) is 5.88 Å². The van der Waals surface area contributed by atoms with Crippen LogP contribution in [0.4, 0.5) is 4.39 Å². The van der Waals surface area contributed by atoms with Crippen molar-refractivity contribution in [3.8, 4) is 17.1 Å². The lowest BCUT2D eigenvalue weighted by molar-refractivity contribution is -0.0472. The molecule has 0 radical (unpaired) electrons. The Labute approximate surface area is 125 Å². The van der Waals surface area contributed by atoms with Gasteiger partial charge in [-0.1, -0.05) is 0 Å². The Kier molecular flexibility index (Phi) is 4.23. The Morgan fingerprint density at radius 2 is 2.09 bits per heavy atom. The van der Waals surface area contributed by atoms with Crippen LogP contribution in [-0.2, 0) is 16.1 Å². The van der Waals surface area contributed by atoms with Crippen LogP contribution < -0.4 is 4.74 Å². The van der Waals surface area contributed by atoms with Crippen molar-refractivity contribution in [3.63, 3.8) is 0 Å². The zero-order chi connectivity index (χ0) is 15.5. The van der Waals surface area contributed by atoms with Gasteiger partial charge in [-0.15, -0.1) is 0 Å². The van der Waals surface area contributed by atoms with E-state index in [2.05, 4.69) is 15.0 Å². The predicted octanol–water partition coefficient (Wildman–Crippen LogP) is 1.22. The summed E-state index contributed by atoms with van der Waals surface area (Å²) in [7, 11) is 1.44. The van der Waals surface area contributed by atoms with Crippen LogP contribution >= 0.6 is 0 Å². The number of hydrogen-bond acceptors (Lipinski definition) is 7. The van der Waals surface area contributed by atoms with E-state index in [0.717, 1.165) is 6.20 Å². The molecule has 2 aromatic rings. The molecule has 0 atom stereocenters. The number of ether oxygens (including phenoxy) is 3. The van der Waals surface area contributed by atoms with Crippen LogP contribution in [0, 0.1) is 5.82 Å². The van der Waals surface area contributed by atoms with Crippen molar-refractivity contribution in [2.24, 2.45) is 0 Å². The van der Waals surface area contributed by atoms with Crippen LogP contribution in [0.1, 0.15) is 17.7 Å². The summed E-state index contributed by atoms with van der Waals surface area (Å²) in [6.45, 7) is 0.545. The highest BCUT2D eigenvalue weighted by atomic mass is 19.1. The fourth-order valence-electron chi connectivity index (χ4n) is 2.12. The molecule has 0 spiro atoms. The number of methoxy groups -OCH3 is 1. The first-order chi connectivity index (χ1) is 10.7. The minimum Gasteiger partial charge on any atom is -0.481 e. The van der Waals surface area contributed by atoms with Gasteiger partial charge in [-0.05, 0) is 0 Å². The number of hydrogen-bond donors (Lipinski definition) is 1. The number of pyridine rings is 1. The van der Waals surface area contributed by atoms with Gasteiger partial charge in [0.15, 0.2) is 5.82 Å². The van der Waals surface area contributed by atoms with Crippen molar-refractivity contribution in [2.45, 2.75) is 12.9 Å². The molecule has 1 saturated heterocycles. The number of aliphatic hydroxyl groups excluding tert-OH is 1. The monoisotopic (exact) mass is 307 g/mol. The van der Waals surface area contributed by atoms with Crippen molar-refractivity contribution in [2.75, 3.05) is 20.3 Å². The van der Waals surface area contributed by atoms with Crippen molar-refractivity contribution >= 4 is 0 Å². The molecular formula is C14H14FN3O4. The zero-order valence-corrected chi connectivity index (χ0v) is 11.8. The van der Waals surface area contributed by atoms with E-state index < -0.39 is 12.1 Å². The second kappa shape index (κ2) is 6.30. The number of nitrogens with zero attached hydrogens (tertiary/aromatic N) is 3. The fourth-order valence-corrected chi connectivity index (χ4v) is 2.12. The molecule has 3 rings (SSSR count). The first-order valence-corrected chi connectivity index (χ1v) is 6.62. The highest BCUT2D eigenvalue weighted by Gasteiger charge is 2.26. The minimum atomic E-state index is -0.743. The van der Waals surface area contributed by atoms with E-state index >= 15 is 0 Å². The van der Waals surface area contributed by atoms with Crippen LogP contribution in [0.2, 0.25) is 0 Å². The number of halogens is 1. The largest absolute Gasteiger partial charge is 0.481 e. The van der Waals surface area contributed by atoms with E-state index in [0.29, 0.717) is 24.6 Å². The van der Waals surface area contributed by atoms with Gasteiger partial charge in [-0.2, -0.15) is 0 Å². The average molecular weight is 307 g/mol. The third-order valence-corrected chi connectivity index (χ3v) is 3.15. The van der Waals surface area contributed by atoms with Crippen LogP contribution in [-0.4, -0.2) is 40.4 Å². The molecule has 0 aliphatic carbocycles. The molecule has 3 heterocycles. The molecule has 0 unspecified atom stereocenters. The summed E-state index contributed by atoms with van der Waals surface area (Å²) in [5.74, 6) is -0.310. The molecule has 1 fully saturated rings. The van der Waals surface area contributed by atoms with Gasteiger partial charge >= 0.3 is 0 Å². The van der Waals surface area contributed by atoms with Gasteiger partial charge < -0.3 is 19.3 Å². The SMILES string of the molecule is COc1cc(-c2ncc(CO)nc2C2OCCO2)c(F)cn1. The lowest BCUT2D eigenvalue weighted by Crippen LogP contribution is -2.09. The van der Waals surface area contributed by atoms with Crippen molar-refractivity contribution in [1.82, 2.24) is 15.0 Å². The Morgan fingerprint density at radius 1 is 1.32 bits per heavy atom. The standard InChI is InChI=1S/C14H14FN3O4/c1-20-11-4-9(10(15)6-16-11)12-13(14-21-2-3-22-14)18-8(7-19)5-17-12/h4-6,14,19H,2-3,7H2,1H3. The molecule has 22 heavy (non-hydrogen) atoms. The summed E-state index contributed by atoms with van der Waals surface area (Å²) in [6, 6.07) is 1.43. The predicted molar refractivity (Wildman–Crippen MR) is 72.3 cm³/mol. The third-order valence-electron chi connectivity index (χ3n) is 3.15. The topological polar surface area (TPSA) is 86.6 Å². The molecule has 2 aromatic heterocycles.